The van der Waals surface area contributed by atoms with E-state index in [2.05, 4.69) is 39.9 Å². The zero-order valence-electron chi connectivity index (χ0n) is 41.6. The maximum absolute atomic E-state index is 13.9. The van der Waals surface area contributed by atoms with Crippen LogP contribution in [0.25, 0.3) is 22.3 Å². The number of anilines is 4. The van der Waals surface area contributed by atoms with Crippen molar-refractivity contribution in [1.29, 1.82) is 0 Å². The monoisotopic (exact) mass is 1240 g/mol. The molecule has 44 heteroatoms. The largest absolute Gasteiger partial charge is 0.694 e. The number of ether oxygens (including phenoxy) is 4. The third-order valence-electron chi connectivity index (χ3n) is 13.0. The summed E-state index contributed by atoms with van der Waals surface area (Å²) in [5.74, 6) is -0.845. The first-order valence-corrected chi connectivity index (χ1v) is 29.6. The lowest BCUT2D eigenvalue weighted by Gasteiger charge is -2.25. The van der Waals surface area contributed by atoms with Crippen LogP contribution in [0.5, 0.6) is 0 Å². The van der Waals surface area contributed by atoms with E-state index in [1.807, 2.05) is 0 Å². The minimum absolute atomic E-state index is 0.0263. The van der Waals surface area contributed by atoms with Gasteiger partial charge in [0.2, 0.25) is 11.9 Å². The van der Waals surface area contributed by atoms with E-state index >= 15 is 0 Å². The highest BCUT2D eigenvalue weighted by molar-refractivity contribution is 7.48. The molecule has 4 saturated heterocycles. The number of fused-ring (bicyclic) bond motifs is 2. The molecular formula is C38H49N16O24P4+. The second kappa shape index (κ2) is 23.5. The first kappa shape index (κ1) is 59.0. The summed E-state index contributed by atoms with van der Waals surface area (Å²) in [5.41, 5.74) is 19.3. The Hall–Kier alpha value is -6.19. The lowest BCUT2D eigenvalue weighted by atomic mass is 10.2. The van der Waals surface area contributed by atoms with Crippen molar-refractivity contribution in [3.05, 3.63) is 78.9 Å². The third kappa shape index (κ3) is 13.3. The van der Waals surface area contributed by atoms with Crippen LogP contribution in [0.3, 0.4) is 0 Å². The maximum atomic E-state index is 13.9. The second-order valence-electron chi connectivity index (χ2n) is 18.4. The van der Waals surface area contributed by atoms with Crippen molar-refractivity contribution in [2.45, 2.75) is 99.4 Å². The van der Waals surface area contributed by atoms with E-state index in [0.29, 0.717) is 0 Å². The van der Waals surface area contributed by atoms with Crippen molar-refractivity contribution >= 4 is 77.6 Å². The molecule has 0 aliphatic carbocycles. The molecule has 4 unspecified atom stereocenters. The van der Waals surface area contributed by atoms with Gasteiger partial charge in [-0.1, -0.05) is 0 Å². The van der Waals surface area contributed by atoms with Crippen molar-refractivity contribution in [3.63, 3.8) is 0 Å². The van der Waals surface area contributed by atoms with E-state index < -0.39 is 167 Å². The molecule has 0 spiro atoms. The Morgan fingerprint density at radius 1 is 0.573 bits per heavy atom. The molecule has 10 rings (SSSR count). The van der Waals surface area contributed by atoms with Crippen LogP contribution >= 0.6 is 31.7 Å². The molecule has 0 bridgehead atoms. The van der Waals surface area contributed by atoms with E-state index in [9.17, 15) is 62.1 Å². The summed E-state index contributed by atoms with van der Waals surface area (Å²) in [6.07, 6.45) is -13.3. The van der Waals surface area contributed by atoms with Crippen LogP contribution in [-0.2, 0) is 68.9 Å². The molecule has 444 valence electrons. The van der Waals surface area contributed by atoms with Crippen LogP contribution in [0.4, 0.5) is 23.5 Å². The lowest BCUT2D eigenvalue weighted by Crippen LogP contribution is -2.31. The summed E-state index contributed by atoms with van der Waals surface area (Å²) in [5, 5.41) is 10.8. The number of aliphatic hydroxyl groups excluding tert-OH is 1. The Kier molecular flexibility index (Phi) is 16.9. The van der Waals surface area contributed by atoms with E-state index in [0.717, 1.165) is 9.13 Å². The van der Waals surface area contributed by atoms with Crippen LogP contribution in [0.1, 0.15) is 50.6 Å². The number of hydrogen-bond donors (Lipinski definition) is 11. The van der Waals surface area contributed by atoms with Crippen LogP contribution in [0.2, 0.25) is 0 Å². The summed E-state index contributed by atoms with van der Waals surface area (Å²) >= 11 is 0. The summed E-state index contributed by atoms with van der Waals surface area (Å²) in [4.78, 5) is 121. The van der Waals surface area contributed by atoms with Crippen molar-refractivity contribution in [3.8, 4) is 0 Å². The Labute approximate surface area is 455 Å². The van der Waals surface area contributed by atoms with Gasteiger partial charge in [-0.05, 0) is 12.1 Å². The fourth-order valence-corrected chi connectivity index (χ4v) is 12.4. The van der Waals surface area contributed by atoms with Gasteiger partial charge in [0.25, 0.3) is 11.1 Å². The topological polar surface area (TPSA) is 572 Å². The average molecular weight is 1240 g/mol. The van der Waals surface area contributed by atoms with Crippen molar-refractivity contribution < 1.29 is 93.6 Å². The Morgan fingerprint density at radius 2 is 0.939 bits per heavy atom. The van der Waals surface area contributed by atoms with Crippen LogP contribution < -0.4 is 45.4 Å². The molecule has 6 aromatic heterocycles. The fraction of sp³-hybridized carbons (Fsp3) is 0.526. The number of hydrogen-bond acceptors (Lipinski definition) is 30. The highest BCUT2D eigenvalue weighted by Crippen LogP contribution is 2.54. The molecular weight excluding hydrogens is 1190 g/mol. The number of rotatable bonds is 22. The number of nitrogen functional groups attached to an aromatic ring is 4. The van der Waals surface area contributed by atoms with Gasteiger partial charge in [-0.3, -0.25) is 65.0 Å². The molecule has 16 atom stereocenters. The number of nitrogens with zero attached hydrogens (tertiary/aromatic N) is 10. The number of nitrogens with one attached hydrogen (secondary N) is 2. The molecule has 82 heavy (non-hydrogen) atoms. The summed E-state index contributed by atoms with van der Waals surface area (Å²) in [6.45, 7) is -3.41. The minimum atomic E-state index is -5.42. The fourth-order valence-electron chi connectivity index (χ4n) is 9.27. The predicted molar refractivity (Wildman–Crippen MR) is 269 cm³/mol. The van der Waals surface area contributed by atoms with Gasteiger partial charge in [-0.2, -0.15) is 19.9 Å². The molecule has 15 N–H and O–H groups in total. The first-order chi connectivity index (χ1) is 38.8. The first-order valence-electron chi connectivity index (χ1n) is 24.0. The maximum Gasteiger partial charge on any atom is 0.694 e. The molecule has 4 aliphatic heterocycles. The van der Waals surface area contributed by atoms with E-state index in [1.54, 1.807) is 0 Å². The molecule has 4 aliphatic rings. The summed E-state index contributed by atoms with van der Waals surface area (Å²) in [6, 6.07) is 2.46. The highest BCUT2D eigenvalue weighted by atomic mass is 31.2. The van der Waals surface area contributed by atoms with Crippen LogP contribution in [0, 0.1) is 0 Å². The number of aromatic amines is 2. The average Bonchev–Trinajstić information content (AvgIpc) is 3.77. The summed E-state index contributed by atoms with van der Waals surface area (Å²) in [7, 11) is -19.2. The van der Waals surface area contributed by atoms with Gasteiger partial charge < -0.3 is 61.7 Å². The SMILES string of the molecule is Nc1ccn([C@H]2C[C@H](OP(=O)(O)OC[C@H]3O[C@@H](n4cnc5c(=O)[nH]c(N)nc54)C[C@@H]3O)[C@@H](COP(=O)(O)O[C@H]3C[C@H](n4ccc(N)nc4=O)O[C@@H]3COP(=O)(O)O[C@H]3C[C@H](n4cnc5c(=O)[nH]c(N)nc54)O[C@@H]3CO[P+](=O)O)O2)c(=O)n1. The number of nitrogens with two attached hydrogens (primary N) is 4. The molecule has 6 aromatic rings. The zero-order chi connectivity index (χ0) is 58.6. The van der Waals surface area contributed by atoms with Gasteiger partial charge in [-0.25, -0.2) is 33.3 Å². The number of phosphoric ester groups is 3. The number of aliphatic hydroxyl groups is 1. The van der Waals surface area contributed by atoms with Crippen molar-refractivity contribution in [2.24, 2.45) is 0 Å². The third-order valence-corrected chi connectivity index (χ3v) is 16.4. The second-order valence-corrected chi connectivity index (χ2v) is 23.4. The number of phosphoric acid groups is 3. The van der Waals surface area contributed by atoms with Gasteiger partial charge in [-0.15, -0.1) is 9.42 Å². The van der Waals surface area contributed by atoms with Crippen LogP contribution in [0.15, 0.2) is 56.4 Å². The Morgan fingerprint density at radius 3 is 1.34 bits per heavy atom. The van der Waals surface area contributed by atoms with E-state index in [4.69, 9.17) is 73.5 Å². The van der Waals surface area contributed by atoms with Gasteiger partial charge >= 0.3 is 43.1 Å². The molecule has 0 saturated carbocycles. The van der Waals surface area contributed by atoms with Gasteiger partial charge in [0.1, 0.15) is 85.9 Å². The molecule has 0 amide bonds. The summed E-state index contributed by atoms with van der Waals surface area (Å²) < 4.78 is 118. The van der Waals surface area contributed by atoms with Crippen molar-refractivity contribution in [1.82, 2.24) is 58.1 Å². The molecule has 4 fully saturated rings. The lowest BCUT2D eigenvalue weighted by molar-refractivity contribution is -0.0630. The van der Waals surface area contributed by atoms with E-state index in [1.165, 1.54) is 46.3 Å². The number of aromatic nitrogens is 12. The van der Waals surface area contributed by atoms with Gasteiger partial charge in [0.15, 0.2) is 22.3 Å². The smallest absolute Gasteiger partial charge is 0.390 e. The molecule has 0 radical (unpaired) electrons. The normalized spacial score (nSPS) is 29.1. The Bertz CT molecular complexity index is 3790. The molecule has 0 aromatic carbocycles. The van der Waals surface area contributed by atoms with E-state index in [-0.39, 0.29) is 58.7 Å². The highest BCUT2D eigenvalue weighted by Gasteiger charge is 2.49. The quantitative estimate of drug-likeness (QED) is 0.0321. The number of H-pyrrole nitrogens is 2. The predicted octanol–water partition coefficient (Wildman–Crippen LogP) is -2.22. The van der Waals surface area contributed by atoms with Crippen LogP contribution in [-0.4, -0.2) is 158 Å². The standard InChI is InChI=1S/C38H48N16O24P4/c39-23-1-3-51(37(58)45-23)26-6-17(77-80(62,63)69-10-19-15(55)5-25(72-19)53-13-43-29-31(53)47-35(41)49-33(29)56)21(74-26)12-71-82(66,67)78-18-7-27(52-4-2-24(40)46-38(52)59)75-22(18)11-70-81(64,65)76-16-8-28(73-20(16)9-68-79(60)61)54-14-44-30-32(54)48-36(42)50-34(30)57/h1-4,13-22,25-28,55H,5-12H2,(H13-,39,40,41,42,45,46,47,48,49,50,56,57,58,59,60,61,62,63,64,65,66,67)/p+1/t15-,16-,17-,18-,19+,20+,21+,22+,25+,26+,27+,28+/m0/s1. The molecule has 40 nitrogen and oxygen atoms in total. The molecule has 10 heterocycles. The number of imidazole rings is 2. The zero-order valence-corrected chi connectivity index (χ0v) is 45.2. The minimum Gasteiger partial charge on any atom is -0.390 e. The van der Waals surface area contributed by atoms with Gasteiger partial charge in [0, 0.05) is 42.6 Å². The Balaban J connectivity index is 0.817. The van der Waals surface area contributed by atoms with Gasteiger partial charge in [0.05, 0.1) is 38.6 Å². The van der Waals surface area contributed by atoms with Crippen molar-refractivity contribution in [2.75, 3.05) is 49.4 Å².